The van der Waals surface area contributed by atoms with Crippen LogP contribution < -0.4 is 0 Å². The van der Waals surface area contributed by atoms with Crippen LogP contribution in [-0.2, 0) is 0 Å². The minimum atomic E-state index is -3.21. The number of rotatable bonds is 2. The van der Waals surface area contributed by atoms with Crippen molar-refractivity contribution in [1.82, 2.24) is 4.98 Å². The lowest BCUT2D eigenvalue weighted by molar-refractivity contribution is 0.0668. The highest BCUT2D eigenvalue weighted by Gasteiger charge is 2.22. The zero-order chi connectivity index (χ0) is 9.14. The van der Waals surface area contributed by atoms with Crippen LogP contribution >= 0.6 is 0 Å². The maximum absolute atomic E-state index is 12.6. The standard InChI is InChI=1S/C7H4F3NO/c8-4-2-1-3-11-5(4)6(12)7(9)10/h1-3,7H. The topological polar surface area (TPSA) is 30.0 Å². The van der Waals surface area contributed by atoms with Crippen molar-refractivity contribution in [3.63, 3.8) is 0 Å². The number of alkyl halides is 2. The Hall–Kier alpha value is -1.39. The van der Waals surface area contributed by atoms with Gasteiger partial charge in [-0.15, -0.1) is 0 Å². The highest BCUT2D eigenvalue weighted by molar-refractivity contribution is 5.96. The Morgan fingerprint density at radius 3 is 2.67 bits per heavy atom. The first kappa shape index (κ1) is 8.70. The van der Waals surface area contributed by atoms with Crippen LogP contribution in [0.1, 0.15) is 10.5 Å². The summed E-state index contributed by atoms with van der Waals surface area (Å²) in [6, 6.07) is 2.13. The molecule has 0 unspecified atom stereocenters. The zero-order valence-corrected chi connectivity index (χ0v) is 5.80. The van der Waals surface area contributed by atoms with Gasteiger partial charge in [-0.2, -0.15) is 0 Å². The summed E-state index contributed by atoms with van der Waals surface area (Å²) in [5.74, 6) is -2.61. The van der Waals surface area contributed by atoms with Crippen molar-refractivity contribution in [3.05, 3.63) is 29.8 Å². The van der Waals surface area contributed by atoms with E-state index in [4.69, 9.17) is 0 Å². The van der Waals surface area contributed by atoms with Gasteiger partial charge >= 0.3 is 6.43 Å². The van der Waals surface area contributed by atoms with Crippen molar-refractivity contribution in [2.24, 2.45) is 0 Å². The smallest absolute Gasteiger partial charge is 0.286 e. The molecule has 0 bridgehead atoms. The number of carbonyl (C=O) groups is 1. The lowest BCUT2D eigenvalue weighted by Gasteiger charge is -1.98. The van der Waals surface area contributed by atoms with Gasteiger partial charge in [0.25, 0.3) is 0 Å². The van der Waals surface area contributed by atoms with Gasteiger partial charge in [-0.3, -0.25) is 4.79 Å². The van der Waals surface area contributed by atoms with Gasteiger partial charge < -0.3 is 0 Å². The Balaban J connectivity index is 3.03. The summed E-state index contributed by atoms with van der Waals surface area (Å²) < 4.78 is 36.1. The third kappa shape index (κ3) is 1.61. The van der Waals surface area contributed by atoms with Gasteiger partial charge in [0.1, 0.15) is 5.69 Å². The number of hydrogen-bond donors (Lipinski definition) is 0. The molecule has 0 saturated heterocycles. The van der Waals surface area contributed by atoms with E-state index in [-0.39, 0.29) is 0 Å². The van der Waals surface area contributed by atoms with Gasteiger partial charge in [-0.05, 0) is 12.1 Å². The van der Waals surface area contributed by atoms with Gasteiger partial charge in [0.2, 0.25) is 5.78 Å². The SMILES string of the molecule is O=C(c1ncccc1F)C(F)F. The molecule has 0 aliphatic rings. The van der Waals surface area contributed by atoms with Crippen molar-refractivity contribution in [2.75, 3.05) is 0 Å². The van der Waals surface area contributed by atoms with E-state index in [9.17, 15) is 18.0 Å². The molecule has 0 spiro atoms. The molecule has 2 nitrogen and oxygen atoms in total. The summed E-state index contributed by atoms with van der Waals surface area (Å²) in [5.41, 5.74) is -0.813. The van der Waals surface area contributed by atoms with Crippen molar-refractivity contribution >= 4 is 5.78 Å². The molecule has 1 aromatic heterocycles. The summed E-state index contributed by atoms with van der Waals surface area (Å²) in [5, 5.41) is 0. The average molecular weight is 175 g/mol. The van der Waals surface area contributed by atoms with Crippen LogP contribution in [-0.4, -0.2) is 17.2 Å². The first-order valence-corrected chi connectivity index (χ1v) is 3.06. The maximum Gasteiger partial charge on any atom is 0.302 e. The summed E-state index contributed by atoms with van der Waals surface area (Å²) in [4.78, 5) is 13.7. The van der Waals surface area contributed by atoms with E-state index < -0.39 is 23.7 Å². The third-order valence-corrected chi connectivity index (χ3v) is 1.19. The van der Waals surface area contributed by atoms with Crippen LogP contribution in [0.4, 0.5) is 13.2 Å². The van der Waals surface area contributed by atoms with Gasteiger partial charge in [0, 0.05) is 6.20 Å². The fourth-order valence-corrected chi connectivity index (χ4v) is 0.670. The zero-order valence-electron chi connectivity index (χ0n) is 5.80. The highest BCUT2D eigenvalue weighted by atomic mass is 19.3. The monoisotopic (exact) mass is 175 g/mol. The van der Waals surface area contributed by atoms with E-state index >= 15 is 0 Å². The highest BCUT2D eigenvalue weighted by Crippen LogP contribution is 2.08. The number of pyridine rings is 1. The van der Waals surface area contributed by atoms with Crippen molar-refractivity contribution in [2.45, 2.75) is 6.43 Å². The lowest BCUT2D eigenvalue weighted by atomic mass is 10.2. The second kappa shape index (κ2) is 3.34. The first-order chi connectivity index (χ1) is 5.63. The Bertz CT molecular complexity index is 300. The fourth-order valence-electron chi connectivity index (χ4n) is 0.670. The summed E-state index contributed by atoms with van der Waals surface area (Å²) in [7, 11) is 0. The molecule has 0 aliphatic carbocycles. The van der Waals surface area contributed by atoms with Crippen LogP contribution in [0.2, 0.25) is 0 Å². The van der Waals surface area contributed by atoms with E-state index in [1.165, 1.54) is 6.07 Å². The first-order valence-electron chi connectivity index (χ1n) is 3.06. The molecule has 0 fully saturated rings. The van der Waals surface area contributed by atoms with Gasteiger partial charge in [-0.1, -0.05) is 0 Å². The van der Waals surface area contributed by atoms with Crippen molar-refractivity contribution in [1.29, 1.82) is 0 Å². The number of carbonyl (C=O) groups excluding carboxylic acids is 1. The molecule has 0 aliphatic heterocycles. The molecule has 0 radical (unpaired) electrons. The van der Waals surface area contributed by atoms with Crippen molar-refractivity contribution < 1.29 is 18.0 Å². The molecule has 0 amide bonds. The number of aromatic nitrogens is 1. The van der Waals surface area contributed by atoms with Crippen molar-refractivity contribution in [3.8, 4) is 0 Å². The minimum Gasteiger partial charge on any atom is -0.286 e. The molecule has 0 aromatic carbocycles. The van der Waals surface area contributed by atoms with Crippen LogP contribution in [0.25, 0.3) is 0 Å². The molecule has 5 heteroatoms. The second-order valence-electron chi connectivity index (χ2n) is 2.00. The van der Waals surface area contributed by atoms with Crippen LogP contribution in [0, 0.1) is 5.82 Å². The van der Waals surface area contributed by atoms with Crippen LogP contribution in [0.5, 0.6) is 0 Å². The largest absolute Gasteiger partial charge is 0.302 e. The number of ketones is 1. The Kier molecular flexibility index (Phi) is 2.42. The molecule has 1 heterocycles. The van der Waals surface area contributed by atoms with E-state index in [0.717, 1.165) is 12.3 Å². The molecular formula is C7H4F3NO. The summed E-state index contributed by atoms with van der Waals surface area (Å²) in [6.45, 7) is 0. The molecule has 12 heavy (non-hydrogen) atoms. The van der Waals surface area contributed by atoms with Gasteiger partial charge in [-0.25, -0.2) is 18.2 Å². The normalized spacial score (nSPS) is 10.3. The molecule has 1 rings (SSSR count). The average Bonchev–Trinajstić information content (AvgIpc) is 2.04. The number of hydrogen-bond acceptors (Lipinski definition) is 2. The van der Waals surface area contributed by atoms with E-state index in [0.29, 0.717) is 0 Å². The lowest BCUT2D eigenvalue weighted by Crippen LogP contribution is -2.13. The van der Waals surface area contributed by atoms with Gasteiger partial charge in [0.05, 0.1) is 0 Å². The van der Waals surface area contributed by atoms with E-state index in [1.54, 1.807) is 0 Å². The number of Topliss-reactive ketones (excluding diaryl/α,β-unsaturated/α-hetero) is 1. The molecule has 1 aromatic rings. The van der Waals surface area contributed by atoms with E-state index in [1.807, 2.05) is 0 Å². The number of nitrogens with zero attached hydrogens (tertiary/aromatic N) is 1. The third-order valence-electron chi connectivity index (χ3n) is 1.19. The Labute approximate surface area is 66.0 Å². The van der Waals surface area contributed by atoms with E-state index in [2.05, 4.69) is 4.98 Å². The summed E-state index contributed by atoms with van der Waals surface area (Å²) in [6.07, 6.45) is -2.13. The van der Waals surface area contributed by atoms with Crippen LogP contribution in [0.3, 0.4) is 0 Å². The number of halogens is 3. The maximum atomic E-state index is 12.6. The molecule has 64 valence electrons. The molecular weight excluding hydrogens is 171 g/mol. The minimum absolute atomic E-state index is 0.813. The molecule has 0 saturated carbocycles. The fraction of sp³-hybridized carbons (Fsp3) is 0.143. The van der Waals surface area contributed by atoms with Crippen LogP contribution in [0.15, 0.2) is 18.3 Å². The van der Waals surface area contributed by atoms with Gasteiger partial charge in [0.15, 0.2) is 5.82 Å². The summed E-state index contributed by atoms with van der Waals surface area (Å²) >= 11 is 0. The second-order valence-corrected chi connectivity index (χ2v) is 2.00. The molecule has 0 N–H and O–H groups in total. The predicted molar refractivity (Wildman–Crippen MR) is 34.5 cm³/mol. The molecule has 0 atom stereocenters. The Morgan fingerprint density at radius 1 is 1.50 bits per heavy atom. The quantitative estimate of drug-likeness (QED) is 0.640. The Morgan fingerprint density at radius 2 is 2.17 bits per heavy atom. The predicted octanol–water partition coefficient (Wildman–Crippen LogP) is 1.67.